The largest absolute Gasteiger partial charge is 0.391 e. The number of fused-ring (bicyclic) bond motifs is 2. The van der Waals surface area contributed by atoms with E-state index in [9.17, 15) is 5.11 Å². The van der Waals surface area contributed by atoms with Gasteiger partial charge in [0.25, 0.3) is 0 Å². The van der Waals surface area contributed by atoms with Crippen LogP contribution < -0.4 is 5.73 Å². The van der Waals surface area contributed by atoms with E-state index in [4.69, 9.17) is 5.73 Å². The highest BCUT2D eigenvalue weighted by Gasteiger charge is 2.35. The molecule has 6 nitrogen and oxygen atoms in total. The van der Waals surface area contributed by atoms with Crippen LogP contribution in [-0.4, -0.2) is 30.7 Å². The molecule has 3 N–H and O–H groups in total. The second-order valence-corrected chi connectivity index (χ2v) is 7.43. The fourth-order valence-electron chi connectivity index (χ4n) is 4.39. The predicted molar refractivity (Wildman–Crippen MR) is 105 cm³/mol. The van der Waals surface area contributed by atoms with Gasteiger partial charge in [0.1, 0.15) is 17.8 Å². The molecule has 0 amide bonds. The highest BCUT2D eigenvalue weighted by molar-refractivity contribution is 5.86. The zero-order valence-electron chi connectivity index (χ0n) is 14.9. The van der Waals surface area contributed by atoms with Crippen LogP contribution >= 0.6 is 0 Å². The summed E-state index contributed by atoms with van der Waals surface area (Å²) < 4.78 is 2.06. The molecule has 0 aliphatic heterocycles. The maximum Gasteiger partial charge on any atom is 0.145 e. The molecule has 3 aromatic heterocycles. The van der Waals surface area contributed by atoms with Crippen LogP contribution in [0.25, 0.3) is 21.9 Å². The fourth-order valence-corrected chi connectivity index (χ4v) is 4.39. The Bertz CT molecular complexity index is 1120. The van der Waals surface area contributed by atoms with Crippen molar-refractivity contribution in [1.82, 2.24) is 19.5 Å². The predicted octanol–water partition coefficient (Wildman–Crippen LogP) is 3.12. The molecule has 0 spiro atoms. The Balaban J connectivity index is 1.39. The Morgan fingerprint density at radius 1 is 1.11 bits per heavy atom. The van der Waals surface area contributed by atoms with Gasteiger partial charge >= 0.3 is 0 Å². The molecular weight excluding hydrogens is 338 g/mol. The number of hydrogen-bond donors (Lipinski definition) is 2. The summed E-state index contributed by atoms with van der Waals surface area (Å²) in [5.74, 6) is 0.897. The van der Waals surface area contributed by atoms with Crippen molar-refractivity contribution in [2.75, 3.05) is 5.73 Å². The van der Waals surface area contributed by atoms with Crippen LogP contribution in [0.4, 0.5) is 5.82 Å². The highest BCUT2D eigenvalue weighted by atomic mass is 16.3. The number of pyridine rings is 1. The topological polar surface area (TPSA) is 89.9 Å². The lowest BCUT2D eigenvalue weighted by molar-refractivity contribution is 0.136. The summed E-state index contributed by atoms with van der Waals surface area (Å²) in [4.78, 5) is 12.9. The van der Waals surface area contributed by atoms with Crippen molar-refractivity contribution in [3.63, 3.8) is 0 Å². The van der Waals surface area contributed by atoms with E-state index < -0.39 is 0 Å². The van der Waals surface area contributed by atoms with Gasteiger partial charge in [0, 0.05) is 17.8 Å². The zero-order chi connectivity index (χ0) is 18.4. The second kappa shape index (κ2) is 6.32. The summed E-state index contributed by atoms with van der Waals surface area (Å²) in [6.07, 6.45) is 7.52. The van der Waals surface area contributed by atoms with Crippen molar-refractivity contribution in [2.24, 2.45) is 5.92 Å². The van der Waals surface area contributed by atoms with Crippen molar-refractivity contribution in [1.29, 1.82) is 0 Å². The van der Waals surface area contributed by atoms with E-state index >= 15 is 0 Å². The molecule has 1 aliphatic carbocycles. The first-order valence-corrected chi connectivity index (χ1v) is 9.28. The van der Waals surface area contributed by atoms with Crippen LogP contribution in [0.5, 0.6) is 0 Å². The van der Waals surface area contributed by atoms with Crippen molar-refractivity contribution < 1.29 is 5.11 Å². The number of anilines is 1. The lowest BCUT2D eigenvalue weighted by Crippen LogP contribution is -2.17. The van der Waals surface area contributed by atoms with E-state index in [-0.39, 0.29) is 12.1 Å². The molecular formula is C21H21N5O. The van der Waals surface area contributed by atoms with Crippen molar-refractivity contribution in [3.05, 3.63) is 60.7 Å². The van der Waals surface area contributed by atoms with Crippen LogP contribution in [0.2, 0.25) is 0 Å². The van der Waals surface area contributed by atoms with Gasteiger partial charge in [-0.1, -0.05) is 18.2 Å². The maximum atomic E-state index is 10.7. The molecule has 6 heteroatoms. The number of nitrogen functional groups attached to an aromatic ring is 1. The SMILES string of the molecule is Nc1ncnc2c1ccn2[C@@H]1C[C@H](Cc2ccc3cccnc3c2)C[C@H]1O. The van der Waals surface area contributed by atoms with Crippen molar-refractivity contribution >= 4 is 27.8 Å². The van der Waals surface area contributed by atoms with E-state index in [1.165, 1.54) is 11.9 Å². The second-order valence-electron chi connectivity index (χ2n) is 7.43. The molecule has 1 saturated carbocycles. The minimum Gasteiger partial charge on any atom is -0.391 e. The molecule has 0 radical (unpaired) electrons. The van der Waals surface area contributed by atoms with Gasteiger partial charge in [0.15, 0.2) is 0 Å². The number of hydrogen-bond acceptors (Lipinski definition) is 5. The molecule has 136 valence electrons. The van der Waals surface area contributed by atoms with Crippen LogP contribution in [0.1, 0.15) is 24.4 Å². The maximum absolute atomic E-state index is 10.7. The van der Waals surface area contributed by atoms with Gasteiger partial charge < -0.3 is 15.4 Å². The number of aliphatic hydroxyl groups excluding tert-OH is 1. The van der Waals surface area contributed by atoms with E-state index in [0.717, 1.165) is 41.2 Å². The molecule has 0 unspecified atom stereocenters. The fraction of sp³-hybridized carbons (Fsp3) is 0.286. The minimum absolute atomic E-state index is 0.0142. The normalized spacial score (nSPS) is 22.6. The quantitative estimate of drug-likeness (QED) is 0.587. The highest BCUT2D eigenvalue weighted by Crippen LogP contribution is 2.39. The molecule has 0 saturated heterocycles. The van der Waals surface area contributed by atoms with Gasteiger partial charge in [-0.25, -0.2) is 9.97 Å². The van der Waals surface area contributed by atoms with Crippen LogP contribution in [-0.2, 0) is 6.42 Å². The lowest BCUT2D eigenvalue weighted by atomic mass is 9.97. The summed E-state index contributed by atoms with van der Waals surface area (Å²) in [7, 11) is 0. The average Bonchev–Trinajstić information content (AvgIpc) is 3.25. The summed E-state index contributed by atoms with van der Waals surface area (Å²) in [6, 6.07) is 12.4. The Morgan fingerprint density at radius 3 is 2.96 bits per heavy atom. The number of nitrogens with two attached hydrogens (primary N) is 1. The summed E-state index contributed by atoms with van der Waals surface area (Å²) >= 11 is 0. The van der Waals surface area contributed by atoms with E-state index in [1.54, 1.807) is 0 Å². The van der Waals surface area contributed by atoms with Crippen molar-refractivity contribution in [2.45, 2.75) is 31.4 Å². The molecule has 4 aromatic rings. The molecule has 5 rings (SSSR count). The first-order chi connectivity index (χ1) is 13.2. The summed E-state index contributed by atoms with van der Waals surface area (Å²) in [5.41, 5.74) is 9.03. The molecule has 0 bridgehead atoms. The third-order valence-corrected chi connectivity index (χ3v) is 5.69. The monoisotopic (exact) mass is 359 g/mol. The number of nitrogens with zero attached hydrogens (tertiary/aromatic N) is 4. The Morgan fingerprint density at radius 2 is 2.04 bits per heavy atom. The molecule has 27 heavy (non-hydrogen) atoms. The lowest BCUT2D eigenvalue weighted by Gasteiger charge is -2.17. The smallest absolute Gasteiger partial charge is 0.145 e. The third kappa shape index (κ3) is 2.82. The molecule has 3 atom stereocenters. The van der Waals surface area contributed by atoms with Crippen LogP contribution in [0.3, 0.4) is 0 Å². The van der Waals surface area contributed by atoms with Gasteiger partial charge in [0.2, 0.25) is 0 Å². The van der Waals surface area contributed by atoms with Gasteiger partial charge in [0.05, 0.1) is 23.0 Å². The molecule has 1 aromatic carbocycles. The first kappa shape index (κ1) is 16.2. The van der Waals surface area contributed by atoms with Gasteiger partial charge in [-0.15, -0.1) is 0 Å². The molecule has 1 fully saturated rings. The Kier molecular flexibility index (Phi) is 3.79. The van der Waals surface area contributed by atoms with E-state index in [0.29, 0.717) is 11.7 Å². The summed E-state index contributed by atoms with van der Waals surface area (Å²) in [5, 5.41) is 12.7. The minimum atomic E-state index is -0.389. The standard InChI is InChI=1S/C21H21N5O/c22-20-16-5-7-26(21(16)25-12-24-20)18-10-14(11-19(18)27)8-13-3-4-15-2-1-6-23-17(15)9-13/h1-7,9,12,14,18-19,27H,8,10-11H2,(H2,22,24,25)/t14-,18+,19+/m0/s1. The van der Waals surface area contributed by atoms with E-state index in [2.05, 4.69) is 43.8 Å². The zero-order valence-corrected chi connectivity index (χ0v) is 14.9. The van der Waals surface area contributed by atoms with E-state index in [1.807, 2.05) is 24.5 Å². The number of rotatable bonds is 3. The Labute approximate surface area is 156 Å². The number of aliphatic hydroxyl groups is 1. The number of aromatic nitrogens is 4. The first-order valence-electron chi connectivity index (χ1n) is 9.28. The third-order valence-electron chi connectivity index (χ3n) is 5.69. The molecule has 1 aliphatic rings. The molecule has 3 heterocycles. The van der Waals surface area contributed by atoms with Gasteiger partial charge in [-0.05, 0) is 48.9 Å². The van der Waals surface area contributed by atoms with Crippen molar-refractivity contribution in [3.8, 4) is 0 Å². The van der Waals surface area contributed by atoms with Crippen LogP contribution in [0.15, 0.2) is 55.1 Å². The average molecular weight is 359 g/mol. The van der Waals surface area contributed by atoms with Crippen LogP contribution in [0, 0.1) is 5.92 Å². The summed E-state index contributed by atoms with van der Waals surface area (Å²) in [6.45, 7) is 0. The van der Waals surface area contributed by atoms with Gasteiger partial charge in [-0.2, -0.15) is 0 Å². The number of benzene rings is 1. The van der Waals surface area contributed by atoms with Gasteiger partial charge in [-0.3, -0.25) is 4.98 Å². The Hall–Kier alpha value is -2.99.